The molecule has 3 aromatic rings. The molecule has 0 spiro atoms. The van der Waals surface area contributed by atoms with Crippen molar-refractivity contribution in [3.63, 3.8) is 0 Å². The van der Waals surface area contributed by atoms with Crippen molar-refractivity contribution in [3.05, 3.63) is 57.2 Å². The summed E-state index contributed by atoms with van der Waals surface area (Å²) in [5.74, 6) is 0.214. The number of ether oxygens (including phenoxy) is 1. The SMILES string of the molecule is COc1c(Cl)cc(-c2c(Cl)c(C(F)F)nn2-c2ccc(S(N)(=O)=O)cc2)cc1Cl. The molecule has 2 aromatic carbocycles. The molecule has 6 nitrogen and oxygen atoms in total. The van der Waals surface area contributed by atoms with Crippen molar-refractivity contribution in [3.8, 4) is 22.7 Å². The summed E-state index contributed by atoms with van der Waals surface area (Å²) in [6.45, 7) is 0. The average Bonchev–Trinajstić information content (AvgIpc) is 2.98. The minimum atomic E-state index is -3.92. The fraction of sp³-hybridized carbons (Fsp3) is 0.118. The Kier molecular flexibility index (Phi) is 6.07. The van der Waals surface area contributed by atoms with Crippen LogP contribution in [0.2, 0.25) is 15.1 Å². The van der Waals surface area contributed by atoms with E-state index in [0.29, 0.717) is 5.56 Å². The maximum absolute atomic E-state index is 13.4. The molecule has 12 heteroatoms. The molecule has 0 aliphatic heterocycles. The van der Waals surface area contributed by atoms with Gasteiger partial charge in [-0.2, -0.15) is 5.10 Å². The Bertz CT molecular complexity index is 1160. The van der Waals surface area contributed by atoms with E-state index in [0.717, 1.165) is 4.68 Å². The molecule has 0 atom stereocenters. The highest BCUT2D eigenvalue weighted by atomic mass is 35.5. The van der Waals surface area contributed by atoms with Crippen LogP contribution >= 0.6 is 34.8 Å². The number of nitrogens with two attached hydrogens (primary N) is 1. The number of sulfonamides is 1. The number of aromatic nitrogens is 2. The fourth-order valence-electron chi connectivity index (χ4n) is 2.66. The second-order valence-corrected chi connectivity index (χ2v) is 8.53. The lowest BCUT2D eigenvalue weighted by Gasteiger charge is -2.12. The van der Waals surface area contributed by atoms with E-state index in [1.54, 1.807) is 0 Å². The molecule has 0 aliphatic rings. The molecular weight excluding hydrogens is 471 g/mol. The molecule has 0 aliphatic carbocycles. The van der Waals surface area contributed by atoms with Gasteiger partial charge in [-0.3, -0.25) is 0 Å². The summed E-state index contributed by atoms with van der Waals surface area (Å²) in [7, 11) is -2.54. The lowest BCUT2D eigenvalue weighted by Crippen LogP contribution is -2.12. The van der Waals surface area contributed by atoms with Gasteiger partial charge in [0.05, 0.1) is 38.5 Å². The van der Waals surface area contributed by atoms with E-state index in [1.165, 1.54) is 43.5 Å². The summed E-state index contributed by atoms with van der Waals surface area (Å²) in [4.78, 5) is -0.148. The zero-order valence-corrected chi connectivity index (χ0v) is 17.6. The van der Waals surface area contributed by atoms with E-state index in [1.807, 2.05) is 0 Å². The number of benzene rings is 2. The predicted molar refractivity (Wildman–Crippen MR) is 107 cm³/mol. The van der Waals surface area contributed by atoms with Crippen molar-refractivity contribution in [1.29, 1.82) is 0 Å². The molecule has 0 radical (unpaired) electrons. The molecule has 29 heavy (non-hydrogen) atoms. The van der Waals surface area contributed by atoms with Crippen LogP contribution in [-0.2, 0) is 10.0 Å². The van der Waals surface area contributed by atoms with Crippen LogP contribution in [0.15, 0.2) is 41.3 Å². The van der Waals surface area contributed by atoms with Crippen molar-refractivity contribution in [2.24, 2.45) is 5.14 Å². The molecule has 0 saturated carbocycles. The van der Waals surface area contributed by atoms with E-state index in [9.17, 15) is 17.2 Å². The quantitative estimate of drug-likeness (QED) is 0.548. The minimum Gasteiger partial charge on any atom is -0.494 e. The van der Waals surface area contributed by atoms with Crippen LogP contribution in [0.4, 0.5) is 8.78 Å². The summed E-state index contributed by atoms with van der Waals surface area (Å²) < 4.78 is 56.0. The molecular formula is C17H12Cl3F2N3O3S. The van der Waals surface area contributed by atoms with E-state index >= 15 is 0 Å². The molecule has 0 unspecified atom stereocenters. The third-order valence-corrected chi connectivity index (χ3v) is 5.81. The number of hydrogen-bond acceptors (Lipinski definition) is 4. The lowest BCUT2D eigenvalue weighted by atomic mass is 10.1. The maximum Gasteiger partial charge on any atom is 0.283 e. The minimum absolute atomic E-state index is 0.0942. The first kappa shape index (κ1) is 21.8. The summed E-state index contributed by atoms with van der Waals surface area (Å²) in [6.07, 6.45) is -2.95. The van der Waals surface area contributed by atoms with Crippen LogP contribution in [0.25, 0.3) is 16.9 Å². The molecule has 0 fully saturated rings. The normalized spacial score (nSPS) is 11.9. The molecule has 0 amide bonds. The van der Waals surface area contributed by atoms with Crippen LogP contribution in [0.3, 0.4) is 0 Å². The zero-order valence-electron chi connectivity index (χ0n) is 14.5. The zero-order chi connectivity index (χ0) is 21.5. The van der Waals surface area contributed by atoms with E-state index < -0.39 is 22.1 Å². The second kappa shape index (κ2) is 8.08. The van der Waals surface area contributed by atoms with Crippen LogP contribution in [0.1, 0.15) is 12.1 Å². The number of alkyl halides is 2. The summed E-state index contributed by atoms with van der Waals surface area (Å²) in [6, 6.07) is 8.04. The van der Waals surface area contributed by atoms with Crippen LogP contribution in [0, 0.1) is 0 Å². The Morgan fingerprint density at radius 3 is 2.10 bits per heavy atom. The van der Waals surface area contributed by atoms with Crippen LogP contribution < -0.4 is 9.88 Å². The molecule has 0 saturated heterocycles. The number of primary sulfonamides is 1. The Hall–Kier alpha value is -1.91. The first-order valence-electron chi connectivity index (χ1n) is 7.77. The molecule has 1 aromatic heterocycles. The van der Waals surface area contributed by atoms with Gasteiger partial charge in [-0.25, -0.2) is 27.0 Å². The largest absolute Gasteiger partial charge is 0.494 e. The Labute approximate surface area is 179 Å². The van der Waals surface area contributed by atoms with Gasteiger partial charge < -0.3 is 4.74 Å². The van der Waals surface area contributed by atoms with Gasteiger partial charge in [0.1, 0.15) is 5.69 Å². The third kappa shape index (κ3) is 4.19. The van der Waals surface area contributed by atoms with E-state index in [-0.39, 0.29) is 37.1 Å². The van der Waals surface area contributed by atoms with Gasteiger partial charge in [0.25, 0.3) is 6.43 Å². The average molecular weight is 483 g/mol. The standard InChI is InChI=1S/C17H12Cl3F2N3O3S/c1-28-16-11(18)6-8(7-12(16)19)15-13(20)14(17(21)22)24-25(15)9-2-4-10(5-3-9)29(23,26)27/h2-7,17H,1H3,(H2,23,26,27). The third-order valence-electron chi connectivity index (χ3n) is 3.94. The van der Waals surface area contributed by atoms with Crippen molar-refractivity contribution >= 4 is 44.8 Å². The maximum atomic E-state index is 13.4. The van der Waals surface area contributed by atoms with E-state index in [2.05, 4.69) is 5.10 Å². The molecule has 3 rings (SSSR count). The van der Waals surface area contributed by atoms with E-state index in [4.69, 9.17) is 44.7 Å². The molecule has 1 heterocycles. The number of rotatable bonds is 5. The van der Waals surface area contributed by atoms with Gasteiger partial charge >= 0.3 is 0 Å². The number of hydrogen-bond donors (Lipinski definition) is 1. The van der Waals surface area contributed by atoms with Gasteiger partial charge in [-0.05, 0) is 36.4 Å². The van der Waals surface area contributed by atoms with Crippen molar-refractivity contribution < 1.29 is 21.9 Å². The summed E-state index contributed by atoms with van der Waals surface area (Å²) in [5.41, 5.74) is 0.0158. The predicted octanol–water partition coefficient (Wildman–Crippen LogP) is 5.09. The van der Waals surface area contributed by atoms with Crippen molar-refractivity contribution in [1.82, 2.24) is 9.78 Å². The summed E-state index contributed by atoms with van der Waals surface area (Å²) >= 11 is 18.5. The smallest absolute Gasteiger partial charge is 0.283 e. The molecule has 0 bridgehead atoms. The number of methoxy groups -OCH3 is 1. The molecule has 154 valence electrons. The highest BCUT2D eigenvalue weighted by Crippen LogP contribution is 2.42. The highest BCUT2D eigenvalue weighted by molar-refractivity contribution is 7.89. The van der Waals surface area contributed by atoms with Gasteiger partial charge in [0, 0.05) is 5.56 Å². The van der Waals surface area contributed by atoms with Crippen LogP contribution in [-0.4, -0.2) is 25.3 Å². The van der Waals surface area contributed by atoms with Gasteiger partial charge in [-0.15, -0.1) is 0 Å². The Balaban J connectivity index is 2.25. The van der Waals surface area contributed by atoms with Gasteiger partial charge in [0.15, 0.2) is 5.75 Å². The van der Waals surface area contributed by atoms with Crippen molar-refractivity contribution in [2.45, 2.75) is 11.3 Å². The Morgan fingerprint density at radius 1 is 1.10 bits per heavy atom. The fourth-order valence-corrected chi connectivity index (χ4v) is 4.13. The Morgan fingerprint density at radius 2 is 1.66 bits per heavy atom. The highest BCUT2D eigenvalue weighted by Gasteiger charge is 2.26. The number of halogens is 5. The second-order valence-electron chi connectivity index (χ2n) is 5.77. The molecule has 2 N–H and O–H groups in total. The van der Waals surface area contributed by atoms with Crippen LogP contribution in [0.5, 0.6) is 5.75 Å². The van der Waals surface area contributed by atoms with Gasteiger partial charge in [0.2, 0.25) is 10.0 Å². The first-order chi connectivity index (χ1) is 13.5. The van der Waals surface area contributed by atoms with Crippen molar-refractivity contribution in [2.75, 3.05) is 7.11 Å². The lowest BCUT2D eigenvalue weighted by molar-refractivity contribution is 0.145. The van der Waals surface area contributed by atoms with Gasteiger partial charge in [-0.1, -0.05) is 34.8 Å². The topological polar surface area (TPSA) is 87.2 Å². The monoisotopic (exact) mass is 481 g/mol. The number of nitrogens with zero attached hydrogens (tertiary/aromatic N) is 2. The summed E-state index contributed by atoms with van der Waals surface area (Å²) in [5, 5.41) is 8.95. The first-order valence-corrected chi connectivity index (χ1v) is 10.5.